The van der Waals surface area contributed by atoms with Crippen molar-refractivity contribution in [1.82, 2.24) is 0 Å². The zero-order valence-corrected chi connectivity index (χ0v) is 16.3. The fraction of sp³-hybridized carbons (Fsp3) is 0.875. The van der Waals surface area contributed by atoms with Gasteiger partial charge in [0.2, 0.25) is 0 Å². The fourth-order valence-electron chi connectivity index (χ4n) is 1.66. The molecule has 0 aliphatic heterocycles. The Kier molecular flexibility index (Phi) is 12.7. The lowest BCUT2D eigenvalue weighted by Crippen LogP contribution is -2.31. The second-order valence-electron chi connectivity index (χ2n) is 5.87. The number of rotatable bonds is 13. The standard InChI is InChI=1S/C16H30O10/c1-7-16(6,24-26-23-15(18)20-9-3)11-10-12(4)13(5)21-25-22-14(17)19-8-2/h12-13H,7-11H2,1-6H3. The van der Waals surface area contributed by atoms with E-state index in [9.17, 15) is 9.59 Å². The zero-order valence-electron chi connectivity index (χ0n) is 16.3. The Bertz CT molecular complexity index is 402. The first-order valence-electron chi connectivity index (χ1n) is 8.63. The molecule has 0 amide bonds. The van der Waals surface area contributed by atoms with Crippen molar-refractivity contribution in [2.75, 3.05) is 13.2 Å². The third-order valence-electron chi connectivity index (χ3n) is 3.83. The average Bonchev–Trinajstić information content (AvgIpc) is 2.60. The normalized spacial score (nSPS) is 15.5. The van der Waals surface area contributed by atoms with Crippen LogP contribution in [0, 0.1) is 5.92 Å². The van der Waals surface area contributed by atoms with Gasteiger partial charge in [-0.3, -0.25) is 0 Å². The summed E-state index contributed by atoms with van der Waals surface area (Å²) in [5, 5.41) is 8.91. The first-order chi connectivity index (χ1) is 12.3. The van der Waals surface area contributed by atoms with E-state index in [0.717, 1.165) is 0 Å². The van der Waals surface area contributed by atoms with Crippen LogP contribution in [0.5, 0.6) is 0 Å². The van der Waals surface area contributed by atoms with Crippen molar-refractivity contribution in [3.8, 4) is 0 Å². The summed E-state index contributed by atoms with van der Waals surface area (Å²) in [6, 6.07) is 0. The molecule has 154 valence electrons. The number of ether oxygens (including phenoxy) is 2. The second kappa shape index (κ2) is 13.6. The Labute approximate surface area is 153 Å². The summed E-state index contributed by atoms with van der Waals surface area (Å²) in [4.78, 5) is 40.8. The molecule has 0 bridgehead atoms. The number of carbonyl (C=O) groups excluding carboxylic acids is 2. The molecular weight excluding hydrogens is 352 g/mol. The first-order valence-corrected chi connectivity index (χ1v) is 8.63. The Morgan fingerprint density at radius 2 is 1.46 bits per heavy atom. The van der Waals surface area contributed by atoms with Crippen LogP contribution in [0.1, 0.15) is 60.8 Å². The van der Waals surface area contributed by atoms with Crippen LogP contribution in [-0.4, -0.2) is 37.2 Å². The van der Waals surface area contributed by atoms with Crippen molar-refractivity contribution >= 4 is 12.3 Å². The average molecular weight is 382 g/mol. The van der Waals surface area contributed by atoms with Crippen LogP contribution in [-0.2, 0) is 39.1 Å². The van der Waals surface area contributed by atoms with Crippen LogP contribution >= 0.6 is 0 Å². The second-order valence-corrected chi connectivity index (χ2v) is 5.87. The number of carbonyl (C=O) groups is 2. The molecule has 26 heavy (non-hydrogen) atoms. The lowest BCUT2D eigenvalue weighted by atomic mass is 9.90. The monoisotopic (exact) mass is 382 g/mol. The number of hydrogen-bond acceptors (Lipinski definition) is 10. The van der Waals surface area contributed by atoms with E-state index in [2.05, 4.69) is 29.3 Å². The van der Waals surface area contributed by atoms with Gasteiger partial charge in [0.15, 0.2) is 0 Å². The Balaban J connectivity index is 4.14. The van der Waals surface area contributed by atoms with Crippen LogP contribution in [0.15, 0.2) is 0 Å². The third kappa shape index (κ3) is 11.1. The summed E-state index contributed by atoms with van der Waals surface area (Å²) < 4.78 is 9.07. The quantitative estimate of drug-likeness (QED) is 0.263. The first kappa shape index (κ1) is 24.4. The van der Waals surface area contributed by atoms with E-state index >= 15 is 0 Å². The Morgan fingerprint density at radius 3 is 1.96 bits per heavy atom. The van der Waals surface area contributed by atoms with Crippen LogP contribution in [0.3, 0.4) is 0 Å². The highest BCUT2D eigenvalue weighted by Gasteiger charge is 2.28. The van der Waals surface area contributed by atoms with Gasteiger partial charge in [-0.2, -0.15) is 9.78 Å². The summed E-state index contributed by atoms with van der Waals surface area (Å²) in [5.74, 6) is 0.0428. The molecule has 0 aliphatic rings. The van der Waals surface area contributed by atoms with Gasteiger partial charge in [0.1, 0.15) is 5.60 Å². The van der Waals surface area contributed by atoms with Gasteiger partial charge in [-0.1, -0.05) is 13.8 Å². The third-order valence-corrected chi connectivity index (χ3v) is 3.83. The summed E-state index contributed by atoms with van der Waals surface area (Å²) in [6.07, 6.45) is -0.426. The van der Waals surface area contributed by atoms with Gasteiger partial charge >= 0.3 is 12.3 Å². The minimum atomic E-state index is -0.974. The van der Waals surface area contributed by atoms with E-state index in [1.807, 2.05) is 20.8 Å². The van der Waals surface area contributed by atoms with E-state index in [0.29, 0.717) is 19.3 Å². The highest BCUT2D eigenvalue weighted by atomic mass is 17.5. The highest BCUT2D eigenvalue weighted by molar-refractivity contribution is 5.59. The number of hydrogen-bond donors (Lipinski definition) is 0. The summed E-state index contributed by atoms with van der Waals surface area (Å²) in [7, 11) is 0. The lowest BCUT2D eigenvalue weighted by molar-refractivity contribution is -0.520. The predicted molar refractivity (Wildman–Crippen MR) is 87.1 cm³/mol. The van der Waals surface area contributed by atoms with Crippen LogP contribution in [0.2, 0.25) is 0 Å². The van der Waals surface area contributed by atoms with Crippen LogP contribution in [0.25, 0.3) is 0 Å². The van der Waals surface area contributed by atoms with E-state index in [-0.39, 0.29) is 25.2 Å². The van der Waals surface area contributed by atoms with E-state index in [1.165, 1.54) is 0 Å². The van der Waals surface area contributed by atoms with Crippen molar-refractivity contribution in [3.05, 3.63) is 0 Å². The van der Waals surface area contributed by atoms with Gasteiger partial charge in [-0.15, -0.1) is 0 Å². The zero-order chi connectivity index (χ0) is 20.0. The Morgan fingerprint density at radius 1 is 0.923 bits per heavy atom. The van der Waals surface area contributed by atoms with Gasteiger partial charge in [-0.05, 0) is 63.0 Å². The molecule has 0 spiro atoms. The molecule has 10 nitrogen and oxygen atoms in total. The highest BCUT2D eigenvalue weighted by Crippen LogP contribution is 2.26. The van der Waals surface area contributed by atoms with Crippen LogP contribution < -0.4 is 0 Å². The topological polar surface area (TPSA) is 108 Å². The molecule has 0 aromatic carbocycles. The predicted octanol–water partition coefficient (Wildman–Crippen LogP) is 4.03. The molecule has 0 rings (SSSR count). The van der Waals surface area contributed by atoms with Crippen molar-refractivity contribution in [2.24, 2.45) is 5.92 Å². The molecule has 0 heterocycles. The van der Waals surface area contributed by atoms with Crippen LogP contribution in [0.4, 0.5) is 9.59 Å². The molecule has 0 radical (unpaired) electrons. The lowest BCUT2D eigenvalue weighted by Gasteiger charge is -2.27. The van der Waals surface area contributed by atoms with E-state index < -0.39 is 17.9 Å². The molecule has 0 fully saturated rings. The minimum absolute atomic E-state index is 0.0428. The van der Waals surface area contributed by atoms with Gasteiger partial charge in [-0.25, -0.2) is 19.4 Å². The van der Waals surface area contributed by atoms with Gasteiger partial charge < -0.3 is 9.47 Å². The molecule has 0 aromatic heterocycles. The summed E-state index contributed by atoms with van der Waals surface area (Å²) in [6.45, 7) is 11.1. The summed E-state index contributed by atoms with van der Waals surface area (Å²) >= 11 is 0. The maximum Gasteiger partial charge on any atom is 0.542 e. The molecule has 3 atom stereocenters. The molecule has 3 unspecified atom stereocenters. The molecule has 0 N–H and O–H groups in total. The van der Waals surface area contributed by atoms with Crippen molar-refractivity contribution in [3.63, 3.8) is 0 Å². The van der Waals surface area contributed by atoms with Crippen molar-refractivity contribution in [2.45, 2.75) is 72.5 Å². The van der Waals surface area contributed by atoms with Gasteiger partial charge in [0.25, 0.3) is 0 Å². The minimum Gasteiger partial charge on any atom is -0.433 e. The van der Waals surface area contributed by atoms with E-state index in [4.69, 9.17) is 9.78 Å². The fourth-order valence-corrected chi connectivity index (χ4v) is 1.66. The Hall–Kier alpha value is -1.62. The molecule has 0 saturated carbocycles. The van der Waals surface area contributed by atoms with Gasteiger partial charge in [0, 0.05) is 0 Å². The van der Waals surface area contributed by atoms with Gasteiger partial charge in [0.05, 0.1) is 19.3 Å². The smallest absolute Gasteiger partial charge is 0.433 e. The maximum absolute atomic E-state index is 11.0. The molecular formula is C16H30O10. The molecule has 0 saturated heterocycles. The molecule has 0 aromatic rings. The van der Waals surface area contributed by atoms with E-state index in [1.54, 1.807) is 20.8 Å². The SMILES string of the molecule is CCOC(=O)OOOC(C)C(C)CCC(C)(CC)OOOC(=O)OCC. The molecule has 0 aliphatic carbocycles. The summed E-state index contributed by atoms with van der Waals surface area (Å²) in [5.41, 5.74) is -0.678. The van der Waals surface area contributed by atoms with Crippen molar-refractivity contribution in [1.29, 1.82) is 0 Å². The maximum atomic E-state index is 11.0. The van der Waals surface area contributed by atoms with Crippen molar-refractivity contribution < 1.29 is 48.7 Å². The largest absolute Gasteiger partial charge is 0.542 e. The molecule has 10 heteroatoms.